The molecule has 0 atom stereocenters. The van der Waals surface area contributed by atoms with Gasteiger partial charge in [0.15, 0.2) is 0 Å². The van der Waals surface area contributed by atoms with Gasteiger partial charge in [-0.05, 0) is 13.8 Å². The first kappa shape index (κ1) is 11.6. The topological polar surface area (TPSA) is 43.8 Å². The molecule has 1 N–H and O–H groups in total. The highest BCUT2D eigenvalue weighted by atomic mass is 16.3. The maximum absolute atomic E-state index is 10.3. The summed E-state index contributed by atoms with van der Waals surface area (Å²) >= 11 is 0. The Labute approximate surface area is 85.5 Å². The van der Waals surface area contributed by atoms with Crippen molar-refractivity contribution < 1.29 is 9.90 Å². The number of rotatable bonds is 4. The van der Waals surface area contributed by atoms with E-state index < -0.39 is 5.60 Å². The molecular formula is C10H20N2O2. The number of aldehydes is 1. The van der Waals surface area contributed by atoms with Gasteiger partial charge in [0.1, 0.15) is 6.29 Å². The minimum absolute atomic E-state index is 0.538. The summed E-state index contributed by atoms with van der Waals surface area (Å²) in [5.74, 6) is 0. The fourth-order valence-electron chi connectivity index (χ4n) is 1.78. The highest BCUT2D eigenvalue weighted by molar-refractivity contribution is 5.51. The number of carbonyl (C=O) groups is 1. The van der Waals surface area contributed by atoms with Crippen LogP contribution in [-0.2, 0) is 4.79 Å². The Hall–Kier alpha value is -0.450. The van der Waals surface area contributed by atoms with Crippen LogP contribution < -0.4 is 0 Å². The van der Waals surface area contributed by atoms with E-state index in [-0.39, 0.29) is 0 Å². The van der Waals surface area contributed by atoms with Gasteiger partial charge in [0.25, 0.3) is 0 Å². The van der Waals surface area contributed by atoms with E-state index in [1.54, 1.807) is 0 Å². The van der Waals surface area contributed by atoms with Gasteiger partial charge in [0, 0.05) is 32.7 Å². The second-order valence-corrected chi connectivity index (χ2v) is 4.56. The van der Waals surface area contributed by atoms with Crippen LogP contribution in [0.2, 0.25) is 0 Å². The van der Waals surface area contributed by atoms with Gasteiger partial charge in [-0.1, -0.05) is 0 Å². The number of hydrogen-bond donors (Lipinski definition) is 1. The summed E-state index contributed by atoms with van der Waals surface area (Å²) in [6, 6.07) is 0. The molecule has 1 aliphatic rings. The molecule has 0 radical (unpaired) electrons. The molecule has 1 rings (SSSR count). The molecule has 0 spiro atoms. The monoisotopic (exact) mass is 200 g/mol. The summed E-state index contributed by atoms with van der Waals surface area (Å²) in [6.07, 6.45) is 0.950. The molecule has 0 saturated carbocycles. The van der Waals surface area contributed by atoms with Gasteiger partial charge < -0.3 is 9.90 Å². The quantitative estimate of drug-likeness (QED) is 0.626. The number of β-amino-alcohol motifs (C(OH)–C–C–N with tert-alkyl or cyclic N) is 1. The molecule has 82 valence electrons. The fourth-order valence-corrected chi connectivity index (χ4v) is 1.78. The molecule has 0 bridgehead atoms. The number of aliphatic hydroxyl groups is 1. The number of piperazine rings is 1. The average Bonchev–Trinajstić information content (AvgIpc) is 2.06. The number of carbonyl (C=O) groups excluding carboxylic acids is 1. The van der Waals surface area contributed by atoms with Crippen LogP contribution >= 0.6 is 0 Å². The van der Waals surface area contributed by atoms with Crippen LogP contribution in [0.3, 0.4) is 0 Å². The molecule has 0 aromatic carbocycles. The van der Waals surface area contributed by atoms with Gasteiger partial charge >= 0.3 is 0 Å². The fraction of sp³-hybridized carbons (Fsp3) is 0.900. The highest BCUT2D eigenvalue weighted by Crippen LogP contribution is 2.07. The first-order valence-corrected chi connectivity index (χ1v) is 5.12. The molecule has 0 amide bonds. The molecule has 1 aliphatic heterocycles. The Morgan fingerprint density at radius 3 is 2.14 bits per heavy atom. The van der Waals surface area contributed by atoms with E-state index in [2.05, 4.69) is 9.80 Å². The van der Waals surface area contributed by atoms with Gasteiger partial charge in [-0.25, -0.2) is 0 Å². The van der Waals surface area contributed by atoms with E-state index in [1.807, 2.05) is 13.8 Å². The molecule has 1 fully saturated rings. The predicted octanol–water partition coefficient (Wildman–Crippen LogP) is -0.426. The van der Waals surface area contributed by atoms with Crippen LogP contribution in [-0.4, -0.2) is 66.1 Å². The van der Waals surface area contributed by atoms with E-state index in [4.69, 9.17) is 0 Å². The second kappa shape index (κ2) is 4.87. The molecule has 4 heteroatoms. The summed E-state index contributed by atoms with van der Waals surface area (Å²) in [7, 11) is 0. The van der Waals surface area contributed by atoms with Crippen LogP contribution in [0.1, 0.15) is 13.8 Å². The maximum atomic E-state index is 10.3. The highest BCUT2D eigenvalue weighted by Gasteiger charge is 2.22. The zero-order valence-corrected chi connectivity index (χ0v) is 9.07. The average molecular weight is 200 g/mol. The van der Waals surface area contributed by atoms with Crippen molar-refractivity contribution >= 4 is 6.29 Å². The third kappa shape index (κ3) is 4.17. The van der Waals surface area contributed by atoms with Crippen molar-refractivity contribution in [3.63, 3.8) is 0 Å². The zero-order chi connectivity index (χ0) is 10.6. The number of hydrogen-bond acceptors (Lipinski definition) is 4. The molecular weight excluding hydrogens is 180 g/mol. The largest absolute Gasteiger partial charge is 0.389 e. The maximum Gasteiger partial charge on any atom is 0.133 e. The van der Waals surface area contributed by atoms with Crippen LogP contribution in [0.4, 0.5) is 0 Å². The second-order valence-electron chi connectivity index (χ2n) is 4.56. The lowest BCUT2D eigenvalue weighted by Crippen LogP contribution is -2.50. The normalized spacial score (nSPS) is 21.1. The summed E-state index contributed by atoms with van der Waals surface area (Å²) in [6.45, 7) is 8.63. The van der Waals surface area contributed by atoms with Crippen molar-refractivity contribution in [1.29, 1.82) is 0 Å². The Morgan fingerprint density at radius 1 is 1.21 bits per heavy atom. The van der Waals surface area contributed by atoms with Gasteiger partial charge in [-0.15, -0.1) is 0 Å². The van der Waals surface area contributed by atoms with E-state index in [0.29, 0.717) is 13.1 Å². The van der Waals surface area contributed by atoms with Crippen molar-refractivity contribution in [2.45, 2.75) is 19.4 Å². The van der Waals surface area contributed by atoms with E-state index in [0.717, 1.165) is 32.5 Å². The molecule has 14 heavy (non-hydrogen) atoms. The molecule has 0 unspecified atom stereocenters. The van der Waals surface area contributed by atoms with E-state index in [1.165, 1.54) is 0 Å². The molecule has 1 heterocycles. The van der Waals surface area contributed by atoms with Crippen molar-refractivity contribution in [2.75, 3.05) is 39.3 Å². The first-order valence-electron chi connectivity index (χ1n) is 5.12. The third-order valence-electron chi connectivity index (χ3n) is 2.41. The van der Waals surface area contributed by atoms with Crippen LogP contribution in [0.15, 0.2) is 0 Å². The summed E-state index contributed by atoms with van der Waals surface area (Å²) in [4.78, 5) is 14.7. The minimum Gasteiger partial charge on any atom is -0.389 e. The van der Waals surface area contributed by atoms with Gasteiger partial charge in [-0.2, -0.15) is 0 Å². The van der Waals surface area contributed by atoms with Gasteiger partial charge in [-0.3, -0.25) is 9.80 Å². The van der Waals surface area contributed by atoms with Crippen LogP contribution in [0, 0.1) is 0 Å². The van der Waals surface area contributed by atoms with E-state index >= 15 is 0 Å². The predicted molar refractivity (Wildman–Crippen MR) is 55.2 cm³/mol. The van der Waals surface area contributed by atoms with Gasteiger partial charge in [0.2, 0.25) is 0 Å². The van der Waals surface area contributed by atoms with Crippen molar-refractivity contribution in [3.05, 3.63) is 0 Å². The Bertz CT molecular complexity index is 181. The minimum atomic E-state index is -0.618. The van der Waals surface area contributed by atoms with Crippen molar-refractivity contribution in [3.8, 4) is 0 Å². The van der Waals surface area contributed by atoms with Crippen molar-refractivity contribution in [2.24, 2.45) is 0 Å². The Morgan fingerprint density at radius 2 is 1.71 bits per heavy atom. The smallest absolute Gasteiger partial charge is 0.133 e. The summed E-state index contributed by atoms with van der Waals surface area (Å²) in [5, 5.41) is 9.63. The lowest BCUT2D eigenvalue weighted by molar-refractivity contribution is -0.109. The van der Waals surface area contributed by atoms with Crippen molar-refractivity contribution in [1.82, 2.24) is 9.80 Å². The third-order valence-corrected chi connectivity index (χ3v) is 2.41. The molecule has 0 aromatic heterocycles. The Kier molecular flexibility index (Phi) is 4.04. The standard InChI is InChI=1S/C10H20N2O2/c1-10(2,14)9-12-5-3-11(4-6-12)7-8-13/h8,14H,3-7,9H2,1-2H3. The van der Waals surface area contributed by atoms with Gasteiger partial charge in [0.05, 0.1) is 12.1 Å². The molecule has 4 nitrogen and oxygen atoms in total. The summed E-state index contributed by atoms with van der Waals surface area (Å²) in [5.41, 5.74) is -0.618. The summed E-state index contributed by atoms with van der Waals surface area (Å²) < 4.78 is 0. The number of nitrogens with zero attached hydrogens (tertiary/aromatic N) is 2. The van der Waals surface area contributed by atoms with E-state index in [9.17, 15) is 9.90 Å². The van der Waals surface area contributed by atoms with Crippen LogP contribution in [0.5, 0.6) is 0 Å². The molecule has 0 aromatic rings. The molecule has 1 saturated heterocycles. The Balaban J connectivity index is 2.25. The SMILES string of the molecule is CC(C)(O)CN1CCN(CC=O)CC1. The van der Waals surface area contributed by atoms with Crippen LogP contribution in [0.25, 0.3) is 0 Å². The lowest BCUT2D eigenvalue weighted by atomic mass is 10.1. The zero-order valence-electron chi connectivity index (χ0n) is 9.07. The first-order chi connectivity index (χ1) is 6.51. The lowest BCUT2D eigenvalue weighted by Gasteiger charge is -2.36. The molecule has 0 aliphatic carbocycles.